The number of carbonyl (C=O) groups excluding carboxylic acids is 3. The van der Waals surface area contributed by atoms with Gasteiger partial charge in [-0.1, -0.05) is 29.5 Å². The summed E-state index contributed by atoms with van der Waals surface area (Å²) in [6.07, 6.45) is 1.73. The highest BCUT2D eigenvalue weighted by atomic mass is 79.9. The smallest absolute Gasteiger partial charge is 0.343 e. The van der Waals surface area contributed by atoms with Crippen LogP contribution in [0.2, 0.25) is 0 Å². The van der Waals surface area contributed by atoms with E-state index in [1.165, 1.54) is 23.0 Å². The third-order valence-corrected chi connectivity index (χ3v) is 9.72. The van der Waals surface area contributed by atoms with E-state index >= 15 is 0 Å². The van der Waals surface area contributed by atoms with Crippen LogP contribution in [0.3, 0.4) is 0 Å². The molecule has 0 bridgehead atoms. The molecule has 5 rings (SSSR count). The van der Waals surface area contributed by atoms with Gasteiger partial charge in [0.25, 0.3) is 5.56 Å². The number of aromatic nitrogens is 1. The van der Waals surface area contributed by atoms with E-state index in [-0.39, 0.29) is 43.3 Å². The van der Waals surface area contributed by atoms with Crippen LogP contribution in [0.25, 0.3) is 6.08 Å². The van der Waals surface area contributed by atoms with Crippen LogP contribution >= 0.6 is 27.3 Å². The first-order valence-electron chi connectivity index (χ1n) is 17.5. The van der Waals surface area contributed by atoms with Crippen molar-refractivity contribution in [2.24, 2.45) is 4.99 Å². The first-order valence-corrected chi connectivity index (χ1v) is 19.1. The predicted octanol–water partition coefficient (Wildman–Crippen LogP) is 5.67. The molecule has 0 fully saturated rings. The molecule has 290 valence electrons. The lowest BCUT2D eigenvalue weighted by Gasteiger charge is -2.25. The van der Waals surface area contributed by atoms with Crippen molar-refractivity contribution in [1.29, 1.82) is 0 Å². The minimum atomic E-state index is -0.917. The highest BCUT2D eigenvalue weighted by Crippen LogP contribution is 2.39. The van der Waals surface area contributed by atoms with Crippen molar-refractivity contribution < 1.29 is 47.5 Å². The first-order chi connectivity index (χ1) is 26.5. The van der Waals surface area contributed by atoms with Gasteiger partial charge in [-0.2, -0.15) is 0 Å². The number of ether oxygens (including phenoxy) is 7. The van der Waals surface area contributed by atoms with Crippen molar-refractivity contribution in [3.05, 3.63) is 112 Å². The molecular weight excluding hydrogens is 796 g/mol. The molecule has 15 heteroatoms. The average molecular weight is 838 g/mol. The van der Waals surface area contributed by atoms with Crippen LogP contribution < -0.4 is 33.8 Å². The van der Waals surface area contributed by atoms with E-state index in [0.717, 1.165) is 5.56 Å². The quantitative estimate of drug-likeness (QED) is 0.102. The Morgan fingerprint density at radius 3 is 2.20 bits per heavy atom. The van der Waals surface area contributed by atoms with Gasteiger partial charge in [0.2, 0.25) is 0 Å². The molecule has 1 atom stereocenters. The van der Waals surface area contributed by atoms with Crippen molar-refractivity contribution in [3.8, 4) is 23.0 Å². The lowest BCUT2D eigenvalue weighted by atomic mass is 9.95. The Labute approximate surface area is 329 Å². The maximum absolute atomic E-state index is 14.4. The predicted molar refractivity (Wildman–Crippen MR) is 208 cm³/mol. The summed E-state index contributed by atoms with van der Waals surface area (Å²) in [4.78, 5) is 56.7. The van der Waals surface area contributed by atoms with Crippen LogP contribution in [0.1, 0.15) is 67.7 Å². The molecule has 3 aromatic carbocycles. The fraction of sp³-hybridized carbons (Fsp3) is 0.325. The molecule has 0 aliphatic carbocycles. The lowest BCUT2D eigenvalue weighted by Crippen LogP contribution is -2.40. The van der Waals surface area contributed by atoms with Crippen LogP contribution in [0, 0.1) is 0 Å². The van der Waals surface area contributed by atoms with Gasteiger partial charge in [0.05, 0.1) is 65.4 Å². The van der Waals surface area contributed by atoms with Gasteiger partial charge in [0.15, 0.2) is 34.4 Å². The molecule has 0 amide bonds. The van der Waals surface area contributed by atoms with Crippen LogP contribution in [-0.4, -0.2) is 62.6 Å². The molecule has 1 aromatic heterocycles. The standard InChI is InChI=1S/C40H41BrN2O11S/c1-7-49-30-20-27(15-16-29(30)53-22-33(44)48-6)35-34(39(47)52-10-4)23(5)42-40-43(35)37(45)32(55-40)19-25-17-28(41)36(31(18-25)50-8-2)54-21-24-11-13-26(14-12-24)38(46)51-9-3/h11-20,35H,7-10,21-22H2,1-6H3/b32-19+/t35-/m0/s1. The molecule has 0 saturated heterocycles. The normalized spacial score (nSPS) is 13.7. The van der Waals surface area contributed by atoms with E-state index in [4.69, 9.17) is 33.2 Å². The Hall–Kier alpha value is -5.41. The average Bonchev–Trinajstić information content (AvgIpc) is 3.47. The molecule has 13 nitrogen and oxygen atoms in total. The maximum atomic E-state index is 14.4. The first kappa shape index (κ1) is 40.8. The van der Waals surface area contributed by atoms with E-state index in [2.05, 4.69) is 20.9 Å². The fourth-order valence-corrected chi connectivity index (χ4v) is 7.34. The minimum absolute atomic E-state index is 0.121. The monoisotopic (exact) mass is 836 g/mol. The Kier molecular flexibility index (Phi) is 13.9. The molecule has 2 heterocycles. The lowest BCUT2D eigenvalue weighted by molar-refractivity contribution is -0.143. The van der Waals surface area contributed by atoms with Gasteiger partial charge in [0, 0.05) is 0 Å². The minimum Gasteiger partial charge on any atom is -0.490 e. The highest BCUT2D eigenvalue weighted by Gasteiger charge is 2.34. The SMILES string of the molecule is CCOC(=O)C1=C(C)N=c2s/c(=C/c3cc(Br)c(OCc4ccc(C(=O)OCC)cc4)c(OCC)c3)c(=O)n2[C@H]1c1ccc(OCC(=O)OC)c(OCC)c1. The largest absolute Gasteiger partial charge is 0.490 e. The summed E-state index contributed by atoms with van der Waals surface area (Å²) in [6.45, 7) is 9.74. The number of rotatable bonds is 16. The number of hydrogen-bond acceptors (Lipinski definition) is 13. The van der Waals surface area contributed by atoms with Crippen molar-refractivity contribution >= 4 is 51.3 Å². The molecule has 0 N–H and O–H groups in total. The fourth-order valence-electron chi connectivity index (χ4n) is 5.72. The molecule has 0 radical (unpaired) electrons. The van der Waals surface area contributed by atoms with Gasteiger partial charge in [-0.3, -0.25) is 9.36 Å². The summed E-state index contributed by atoms with van der Waals surface area (Å²) in [6, 6.07) is 14.6. The third-order valence-electron chi connectivity index (χ3n) is 8.15. The van der Waals surface area contributed by atoms with E-state index in [9.17, 15) is 19.2 Å². The van der Waals surface area contributed by atoms with Crippen molar-refractivity contribution in [2.45, 2.75) is 47.3 Å². The summed E-state index contributed by atoms with van der Waals surface area (Å²) < 4.78 is 41.3. The van der Waals surface area contributed by atoms with Gasteiger partial charge in [-0.05, 0) is 110 Å². The zero-order chi connectivity index (χ0) is 39.6. The van der Waals surface area contributed by atoms with Gasteiger partial charge < -0.3 is 33.2 Å². The molecule has 55 heavy (non-hydrogen) atoms. The summed E-state index contributed by atoms with van der Waals surface area (Å²) in [5.74, 6) is -0.0430. The molecule has 1 aliphatic heterocycles. The second-order valence-electron chi connectivity index (χ2n) is 11.8. The van der Waals surface area contributed by atoms with Crippen LogP contribution in [0.5, 0.6) is 23.0 Å². The number of methoxy groups -OCH3 is 1. The van der Waals surface area contributed by atoms with Gasteiger partial charge in [-0.15, -0.1) is 0 Å². The Bertz CT molecular complexity index is 2280. The number of carbonyl (C=O) groups is 3. The van der Waals surface area contributed by atoms with E-state index in [1.54, 1.807) is 82.3 Å². The summed E-state index contributed by atoms with van der Waals surface area (Å²) >= 11 is 4.80. The van der Waals surface area contributed by atoms with Crippen LogP contribution in [0.4, 0.5) is 0 Å². The zero-order valence-corrected chi connectivity index (χ0v) is 33.7. The van der Waals surface area contributed by atoms with Crippen molar-refractivity contribution in [3.63, 3.8) is 0 Å². The summed E-state index contributed by atoms with van der Waals surface area (Å²) in [5, 5.41) is 0. The Balaban J connectivity index is 1.54. The van der Waals surface area contributed by atoms with E-state index in [1.807, 2.05) is 13.0 Å². The number of benzene rings is 3. The second-order valence-corrected chi connectivity index (χ2v) is 13.6. The number of hydrogen-bond donors (Lipinski definition) is 0. The van der Waals surface area contributed by atoms with Gasteiger partial charge >= 0.3 is 17.9 Å². The van der Waals surface area contributed by atoms with Crippen molar-refractivity contribution in [2.75, 3.05) is 40.1 Å². The summed E-state index contributed by atoms with van der Waals surface area (Å²) in [7, 11) is 1.26. The molecule has 0 saturated carbocycles. The second kappa shape index (κ2) is 18.8. The number of halogens is 1. The van der Waals surface area contributed by atoms with Crippen LogP contribution in [0.15, 0.2) is 80.1 Å². The Morgan fingerprint density at radius 1 is 0.836 bits per heavy atom. The van der Waals surface area contributed by atoms with Gasteiger partial charge in [0.1, 0.15) is 6.61 Å². The number of thiazole rings is 1. The number of allylic oxidation sites excluding steroid dienone is 1. The molecule has 1 aliphatic rings. The Morgan fingerprint density at radius 2 is 1.53 bits per heavy atom. The molecule has 0 spiro atoms. The van der Waals surface area contributed by atoms with Gasteiger partial charge in [-0.25, -0.2) is 19.4 Å². The number of nitrogens with zero attached hydrogens (tertiary/aromatic N) is 2. The van der Waals surface area contributed by atoms with E-state index in [0.29, 0.717) is 66.7 Å². The third kappa shape index (κ3) is 9.46. The van der Waals surface area contributed by atoms with Crippen molar-refractivity contribution in [1.82, 2.24) is 4.57 Å². The molecule has 0 unspecified atom stereocenters. The molecule has 4 aromatic rings. The van der Waals surface area contributed by atoms with E-state index < -0.39 is 23.9 Å². The number of esters is 3. The molecular formula is C40H41BrN2O11S. The highest BCUT2D eigenvalue weighted by molar-refractivity contribution is 9.10. The topological polar surface area (TPSA) is 150 Å². The van der Waals surface area contributed by atoms with Crippen LogP contribution in [-0.2, 0) is 30.4 Å². The maximum Gasteiger partial charge on any atom is 0.343 e. The summed E-state index contributed by atoms with van der Waals surface area (Å²) in [5.41, 5.74) is 2.69. The zero-order valence-electron chi connectivity index (χ0n) is 31.3. The number of fused-ring (bicyclic) bond motifs is 1.